The van der Waals surface area contributed by atoms with Gasteiger partial charge in [-0.2, -0.15) is 0 Å². The van der Waals surface area contributed by atoms with Gasteiger partial charge in [0.15, 0.2) is 11.5 Å². The van der Waals surface area contributed by atoms with Gasteiger partial charge >= 0.3 is 5.97 Å². The summed E-state index contributed by atoms with van der Waals surface area (Å²) in [4.78, 5) is 11.2. The van der Waals surface area contributed by atoms with E-state index < -0.39 is 5.97 Å². The number of carbonyl (C=O) groups is 1. The summed E-state index contributed by atoms with van der Waals surface area (Å²) in [6.45, 7) is 6.32. The van der Waals surface area contributed by atoms with Gasteiger partial charge in [-0.05, 0) is 37.0 Å². The molecular weight excluding hydrogens is 244 g/mol. The first-order valence-corrected chi connectivity index (χ1v) is 6.52. The Labute approximate surface area is 114 Å². The molecule has 0 radical (unpaired) electrons. The minimum absolute atomic E-state index is 0.0927. The van der Waals surface area contributed by atoms with Crippen molar-refractivity contribution < 1.29 is 19.4 Å². The Morgan fingerprint density at radius 2 is 2.00 bits per heavy atom. The lowest BCUT2D eigenvalue weighted by Gasteiger charge is -2.17. The molecule has 0 saturated heterocycles. The van der Waals surface area contributed by atoms with Gasteiger partial charge in [0.2, 0.25) is 0 Å². The molecule has 0 spiro atoms. The van der Waals surface area contributed by atoms with E-state index in [9.17, 15) is 9.90 Å². The highest BCUT2D eigenvalue weighted by atomic mass is 16.5. The van der Waals surface area contributed by atoms with Crippen molar-refractivity contribution in [3.8, 4) is 11.5 Å². The van der Waals surface area contributed by atoms with E-state index in [0.717, 1.165) is 5.56 Å². The number of methoxy groups -OCH3 is 1. The van der Waals surface area contributed by atoms with Crippen molar-refractivity contribution in [2.45, 2.75) is 27.2 Å². The molecule has 0 bridgehead atoms. The number of carboxylic acid groups (broad SMARTS) is 1. The fraction of sp³-hybridized carbons (Fsp3) is 0.533. The Kier molecular flexibility index (Phi) is 5.67. The first-order chi connectivity index (χ1) is 8.99. The van der Waals surface area contributed by atoms with E-state index in [1.807, 2.05) is 39.0 Å². The summed E-state index contributed by atoms with van der Waals surface area (Å²) >= 11 is 0. The fourth-order valence-corrected chi connectivity index (χ4v) is 1.98. The maximum Gasteiger partial charge on any atom is 0.307 e. The molecule has 1 N–H and O–H groups in total. The molecule has 106 valence electrons. The highest BCUT2D eigenvalue weighted by molar-refractivity contribution is 5.70. The Morgan fingerprint density at radius 1 is 1.32 bits per heavy atom. The zero-order valence-corrected chi connectivity index (χ0v) is 12.0. The monoisotopic (exact) mass is 266 g/mol. The minimum atomic E-state index is -0.761. The van der Waals surface area contributed by atoms with Gasteiger partial charge in [0.25, 0.3) is 0 Å². The summed E-state index contributed by atoms with van der Waals surface area (Å²) in [5, 5.41) is 9.21. The van der Waals surface area contributed by atoms with Crippen molar-refractivity contribution in [2.24, 2.45) is 11.8 Å². The first-order valence-electron chi connectivity index (χ1n) is 6.52. The number of benzene rings is 1. The zero-order valence-electron chi connectivity index (χ0n) is 12.0. The van der Waals surface area contributed by atoms with E-state index >= 15 is 0 Å². The van der Waals surface area contributed by atoms with Gasteiger partial charge in [-0.3, -0.25) is 4.79 Å². The van der Waals surface area contributed by atoms with Crippen molar-refractivity contribution in [1.29, 1.82) is 0 Å². The molecule has 4 nitrogen and oxygen atoms in total. The predicted octanol–water partition coefficient (Wildman–Crippen LogP) is 2.99. The second-order valence-corrected chi connectivity index (χ2v) is 4.81. The third-order valence-corrected chi connectivity index (χ3v) is 3.11. The quantitative estimate of drug-likeness (QED) is 0.824. The highest BCUT2D eigenvalue weighted by Gasteiger charge is 2.22. The van der Waals surface area contributed by atoms with Gasteiger partial charge in [-0.15, -0.1) is 0 Å². The Morgan fingerprint density at radius 3 is 2.47 bits per heavy atom. The van der Waals surface area contributed by atoms with Gasteiger partial charge in [0, 0.05) is 0 Å². The fourth-order valence-electron chi connectivity index (χ4n) is 1.98. The van der Waals surface area contributed by atoms with Crippen LogP contribution >= 0.6 is 0 Å². The van der Waals surface area contributed by atoms with E-state index in [0.29, 0.717) is 24.5 Å². The number of ether oxygens (including phenoxy) is 2. The molecule has 4 heteroatoms. The topological polar surface area (TPSA) is 55.8 Å². The second-order valence-electron chi connectivity index (χ2n) is 4.81. The van der Waals surface area contributed by atoms with Crippen LogP contribution in [0, 0.1) is 11.8 Å². The average Bonchev–Trinajstić information content (AvgIpc) is 2.36. The first kappa shape index (κ1) is 15.3. The lowest BCUT2D eigenvalue weighted by molar-refractivity contribution is -0.143. The number of carboxylic acids is 1. The van der Waals surface area contributed by atoms with E-state index in [-0.39, 0.29) is 11.8 Å². The maximum atomic E-state index is 11.2. The lowest BCUT2D eigenvalue weighted by atomic mass is 9.89. The summed E-state index contributed by atoms with van der Waals surface area (Å²) in [5.74, 6) is 0.276. The van der Waals surface area contributed by atoms with Crippen molar-refractivity contribution >= 4 is 5.97 Å². The number of aliphatic carboxylic acids is 1. The van der Waals surface area contributed by atoms with E-state index in [2.05, 4.69) is 0 Å². The van der Waals surface area contributed by atoms with E-state index in [4.69, 9.17) is 9.47 Å². The van der Waals surface area contributed by atoms with Crippen LogP contribution in [0.3, 0.4) is 0 Å². The van der Waals surface area contributed by atoms with Gasteiger partial charge in [-0.25, -0.2) is 0 Å². The van der Waals surface area contributed by atoms with Gasteiger partial charge < -0.3 is 14.6 Å². The van der Waals surface area contributed by atoms with Crippen molar-refractivity contribution in [3.05, 3.63) is 23.8 Å². The van der Waals surface area contributed by atoms with Gasteiger partial charge in [-0.1, -0.05) is 19.9 Å². The van der Waals surface area contributed by atoms with E-state index in [1.165, 1.54) is 0 Å². The summed E-state index contributed by atoms with van der Waals surface area (Å²) in [7, 11) is 1.58. The zero-order chi connectivity index (χ0) is 14.4. The molecule has 1 rings (SSSR count). The van der Waals surface area contributed by atoms with Crippen LogP contribution in [0.4, 0.5) is 0 Å². The average molecular weight is 266 g/mol. The summed E-state index contributed by atoms with van der Waals surface area (Å²) < 4.78 is 10.7. The third kappa shape index (κ3) is 4.16. The Bertz CT molecular complexity index is 426. The number of rotatable bonds is 7. The van der Waals surface area contributed by atoms with Crippen LogP contribution in [0.15, 0.2) is 18.2 Å². The van der Waals surface area contributed by atoms with E-state index in [1.54, 1.807) is 7.11 Å². The lowest BCUT2D eigenvalue weighted by Crippen LogP contribution is -2.22. The molecule has 0 aliphatic heterocycles. The molecule has 0 heterocycles. The van der Waals surface area contributed by atoms with Crippen LogP contribution in [0.1, 0.15) is 26.3 Å². The summed E-state index contributed by atoms with van der Waals surface area (Å²) in [6.07, 6.45) is 0.496. The summed E-state index contributed by atoms with van der Waals surface area (Å²) in [6, 6.07) is 5.58. The molecule has 0 saturated carbocycles. The maximum absolute atomic E-state index is 11.2. The van der Waals surface area contributed by atoms with Crippen LogP contribution in [0.2, 0.25) is 0 Å². The molecule has 0 aliphatic carbocycles. The van der Waals surface area contributed by atoms with Crippen LogP contribution < -0.4 is 9.47 Å². The van der Waals surface area contributed by atoms with Crippen molar-refractivity contribution in [2.75, 3.05) is 13.7 Å². The predicted molar refractivity (Wildman–Crippen MR) is 73.8 cm³/mol. The number of hydrogen-bond donors (Lipinski definition) is 1. The second kappa shape index (κ2) is 7.02. The molecule has 0 fully saturated rings. The normalized spacial score (nSPS) is 12.3. The number of hydrogen-bond acceptors (Lipinski definition) is 3. The Hall–Kier alpha value is -1.71. The van der Waals surface area contributed by atoms with Gasteiger partial charge in [0.05, 0.1) is 19.6 Å². The third-order valence-electron chi connectivity index (χ3n) is 3.11. The van der Waals surface area contributed by atoms with Crippen molar-refractivity contribution in [3.63, 3.8) is 0 Å². The van der Waals surface area contributed by atoms with Crippen LogP contribution in [-0.4, -0.2) is 24.8 Å². The molecule has 19 heavy (non-hydrogen) atoms. The van der Waals surface area contributed by atoms with Crippen LogP contribution in [-0.2, 0) is 11.2 Å². The standard InChI is InChI=1S/C15H22O4/c1-5-19-13-7-6-11(9-14(13)18-4)8-12(10(2)3)15(16)17/h6-7,9-10,12H,5,8H2,1-4H3,(H,16,17). The van der Waals surface area contributed by atoms with Crippen LogP contribution in [0.25, 0.3) is 0 Å². The minimum Gasteiger partial charge on any atom is -0.493 e. The van der Waals surface area contributed by atoms with Crippen LogP contribution in [0.5, 0.6) is 11.5 Å². The molecule has 1 aromatic rings. The Balaban J connectivity index is 2.92. The smallest absolute Gasteiger partial charge is 0.307 e. The molecule has 0 aliphatic rings. The molecule has 1 aromatic carbocycles. The molecule has 1 atom stereocenters. The molecular formula is C15H22O4. The highest BCUT2D eigenvalue weighted by Crippen LogP contribution is 2.29. The molecule has 0 aromatic heterocycles. The summed E-state index contributed by atoms with van der Waals surface area (Å²) in [5.41, 5.74) is 0.946. The molecule has 1 unspecified atom stereocenters. The van der Waals surface area contributed by atoms with Crippen molar-refractivity contribution in [1.82, 2.24) is 0 Å². The SMILES string of the molecule is CCOc1ccc(CC(C(=O)O)C(C)C)cc1OC. The van der Waals surface area contributed by atoms with Gasteiger partial charge in [0.1, 0.15) is 0 Å². The molecule has 0 amide bonds. The largest absolute Gasteiger partial charge is 0.493 e.